The van der Waals surface area contributed by atoms with E-state index in [1.165, 1.54) is 21.8 Å². The fourth-order valence-corrected chi connectivity index (χ4v) is 4.23. The molecule has 2 heterocycles. The molecule has 7 heteroatoms. The molecule has 0 saturated heterocycles. The summed E-state index contributed by atoms with van der Waals surface area (Å²) >= 11 is 1.63. The molecule has 0 saturated carbocycles. The highest BCUT2D eigenvalue weighted by atomic mass is 32.1. The Morgan fingerprint density at radius 1 is 1.35 bits per heavy atom. The number of anilines is 1. The molecular weight excluding hydrogens is 312 g/mol. The first-order chi connectivity index (χ1) is 11.0. The second-order valence-electron chi connectivity index (χ2n) is 6.02. The Morgan fingerprint density at radius 2 is 2.09 bits per heavy atom. The smallest absolute Gasteiger partial charge is 0.263 e. The number of hydrogen-bond donors (Lipinski definition) is 1. The summed E-state index contributed by atoms with van der Waals surface area (Å²) in [5.74, 6) is 0.436. The third-order valence-electron chi connectivity index (χ3n) is 4.29. The number of hydrogen-bond acceptors (Lipinski definition) is 5. The van der Waals surface area contributed by atoms with Crippen molar-refractivity contribution in [1.29, 1.82) is 0 Å². The summed E-state index contributed by atoms with van der Waals surface area (Å²) in [5, 5.41) is 3.81. The van der Waals surface area contributed by atoms with Crippen molar-refractivity contribution in [3.05, 3.63) is 20.8 Å². The number of nitrogens with one attached hydrogen (secondary N) is 1. The van der Waals surface area contributed by atoms with Gasteiger partial charge in [0.15, 0.2) is 0 Å². The minimum Gasteiger partial charge on any atom is -0.347 e. The predicted octanol–water partition coefficient (Wildman–Crippen LogP) is 1.86. The number of carbonyl (C=O) groups excluding carboxylic acids is 1. The van der Waals surface area contributed by atoms with E-state index in [0.29, 0.717) is 12.5 Å². The average Bonchev–Trinajstić information content (AvgIpc) is 2.90. The van der Waals surface area contributed by atoms with Crippen LogP contribution in [0.1, 0.15) is 30.2 Å². The van der Waals surface area contributed by atoms with E-state index >= 15 is 0 Å². The van der Waals surface area contributed by atoms with Crippen LogP contribution in [0.2, 0.25) is 0 Å². The van der Waals surface area contributed by atoms with E-state index in [0.717, 1.165) is 29.5 Å². The van der Waals surface area contributed by atoms with Gasteiger partial charge in [0.25, 0.3) is 5.56 Å². The lowest BCUT2D eigenvalue weighted by molar-refractivity contribution is -0.126. The Bertz CT molecular complexity index is 806. The Kier molecular flexibility index (Phi) is 4.39. The molecule has 124 valence electrons. The molecule has 0 fully saturated rings. The zero-order chi connectivity index (χ0) is 16.6. The van der Waals surface area contributed by atoms with Crippen LogP contribution in [0.5, 0.6) is 0 Å². The predicted molar refractivity (Wildman–Crippen MR) is 93.4 cm³/mol. The van der Waals surface area contributed by atoms with E-state index in [1.54, 1.807) is 30.0 Å². The van der Waals surface area contributed by atoms with Gasteiger partial charge >= 0.3 is 0 Å². The molecule has 0 atom stereocenters. The van der Waals surface area contributed by atoms with E-state index in [-0.39, 0.29) is 18.0 Å². The molecule has 2 aromatic heterocycles. The van der Waals surface area contributed by atoms with Crippen LogP contribution in [0.25, 0.3) is 10.2 Å². The lowest BCUT2D eigenvalue weighted by atomic mass is 9.97. The van der Waals surface area contributed by atoms with E-state index in [1.807, 2.05) is 6.92 Å². The van der Waals surface area contributed by atoms with Crippen molar-refractivity contribution in [2.75, 3.05) is 26.0 Å². The maximum atomic E-state index is 12.9. The summed E-state index contributed by atoms with van der Waals surface area (Å²) < 4.78 is 1.63. The maximum Gasteiger partial charge on any atom is 0.263 e. The summed E-state index contributed by atoms with van der Waals surface area (Å²) in [6.07, 6.45) is 4.34. The van der Waals surface area contributed by atoms with Gasteiger partial charge in [-0.1, -0.05) is 0 Å². The largest absolute Gasteiger partial charge is 0.347 e. The summed E-state index contributed by atoms with van der Waals surface area (Å²) in [6, 6.07) is 0. The van der Waals surface area contributed by atoms with Crippen molar-refractivity contribution in [2.24, 2.45) is 0 Å². The molecular formula is C16H22N4O2S. The van der Waals surface area contributed by atoms with Crippen LogP contribution in [0.3, 0.4) is 0 Å². The standard InChI is InChI=1S/C16H22N4O2S/c1-4-20-15(22)13-10-7-5-6-8-11(10)23-14(13)18-16(20)17-9-12(21)19(2)3/h4-9H2,1-3H3,(H,17,18). The highest BCUT2D eigenvalue weighted by Crippen LogP contribution is 2.34. The molecule has 0 aliphatic heterocycles. The van der Waals surface area contributed by atoms with E-state index in [4.69, 9.17) is 0 Å². The van der Waals surface area contributed by atoms with Gasteiger partial charge in [-0.2, -0.15) is 0 Å². The van der Waals surface area contributed by atoms with Crippen LogP contribution in [0.4, 0.5) is 5.95 Å². The molecule has 0 radical (unpaired) electrons. The van der Waals surface area contributed by atoms with Gasteiger partial charge in [0.1, 0.15) is 4.83 Å². The molecule has 1 aliphatic rings. The van der Waals surface area contributed by atoms with E-state index in [2.05, 4.69) is 10.3 Å². The fraction of sp³-hybridized carbons (Fsp3) is 0.562. The monoisotopic (exact) mass is 334 g/mol. The van der Waals surface area contributed by atoms with Crippen molar-refractivity contribution in [2.45, 2.75) is 39.2 Å². The molecule has 6 nitrogen and oxygen atoms in total. The molecule has 1 aliphatic carbocycles. The summed E-state index contributed by atoms with van der Waals surface area (Å²) in [6.45, 7) is 2.59. The molecule has 3 rings (SSSR count). The summed E-state index contributed by atoms with van der Waals surface area (Å²) in [7, 11) is 3.42. The summed E-state index contributed by atoms with van der Waals surface area (Å²) in [5.41, 5.74) is 1.21. The lowest BCUT2D eigenvalue weighted by Gasteiger charge is -2.15. The third kappa shape index (κ3) is 2.85. The van der Waals surface area contributed by atoms with Crippen LogP contribution in [0.15, 0.2) is 4.79 Å². The molecule has 23 heavy (non-hydrogen) atoms. The first kappa shape index (κ1) is 16.0. The van der Waals surface area contributed by atoms with Crippen molar-refractivity contribution < 1.29 is 4.79 Å². The maximum absolute atomic E-state index is 12.9. The molecule has 0 spiro atoms. The van der Waals surface area contributed by atoms with Gasteiger partial charge in [-0.05, 0) is 38.2 Å². The van der Waals surface area contributed by atoms with Gasteiger partial charge in [0, 0.05) is 25.5 Å². The topological polar surface area (TPSA) is 67.2 Å². The second kappa shape index (κ2) is 6.31. The zero-order valence-corrected chi connectivity index (χ0v) is 14.6. The Balaban J connectivity index is 2.05. The van der Waals surface area contributed by atoms with Crippen LogP contribution < -0.4 is 10.9 Å². The van der Waals surface area contributed by atoms with Crippen LogP contribution in [-0.4, -0.2) is 41.0 Å². The first-order valence-corrected chi connectivity index (χ1v) is 8.83. The number of aromatic nitrogens is 2. The average molecular weight is 334 g/mol. The van der Waals surface area contributed by atoms with Gasteiger partial charge in [-0.25, -0.2) is 4.98 Å². The fourth-order valence-electron chi connectivity index (χ4n) is 2.98. The lowest BCUT2D eigenvalue weighted by Crippen LogP contribution is -2.31. The minimum absolute atomic E-state index is 0.0108. The number of likely N-dealkylation sites (N-methyl/N-ethyl adjacent to an activating group) is 1. The quantitative estimate of drug-likeness (QED) is 0.927. The van der Waals surface area contributed by atoms with E-state index in [9.17, 15) is 9.59 Å². The SMILES string of the molecule is CCn1c(NCC(=O)N(C)C)nc2sc3c(c2c1=O)CCCC3. The van der Waals surface area contributed by atoms with Gasteiger partial charge < -0.3 is 10.2 Å². The zero-order valence-electron chi connectivity index (χ0n) is 13.8. The van der Waals surface area contributed by atoms with Crippen molar-refractivity contribution >= 4 is 33.4 Å². The van der Waals surface area contributed by atoms with Gasteiger partial charge in [-0.15, -0.1) is 11.3 Å². The Labute approximate surface area is 139 Å². The number of fused-ring (bicyclic) bond motifs is 3. The highest BCUT2D eigenvalue weighted by Gasteiger charge is 2.21. The number of thiophene rings is 1. The first-order valence-electron chi connectivity index (χ1n) is 8.02. The third-order valence-corrected chi connectivity index (χ3v) is 5.47. The number of nitrogens with zero attached hydrogens (tertiary/aromatic N) is 3. The van der Waals surface area contributed by atoms with Crippen molar-refractivity contribution in [3.63, 3.8) is 0 Å². The number of rotatable bonds is 4. The molecule has 0 aromatic carbocycles. The second-order valence-corrected chi connectivity index (χ2v) is 7.10. The Hall–Kier alpha value is -1.89. The van der Waals surface area contributed by atoms with Crippen molar-refractivity contribution in [3.8, 4) is 0 Å². The minimum atomic E-state index is -0.0486. The molecule has 1 amide bonds. The number of aryl methyl sites for hydroxylation is 2. The Morgan fingerprint density at radius 3 is 2.78 bits per heavy atom. The van der Waals surface area contributed by atoms with Crippen LogP contribution >= 0.6 is 11.3 Å². The summed E-state index contributed by atoms with van der Waals surface area (Å²) in [4.78, 5) is 32.9. The molecule has 0 bridgehead atoms. The van der Waals surface area contributed by atoms with Gasteiger partial charge in [0.05, 0.1) is 11.9 Å². The van der Waals surface area contributed by atoms with Crippen molar-refractivity contribution in [1.82, 2.24) is 14.5 Å². The number of amides is 1. The van der Waals surface area contributed by atoms with Gasteiger partial charge in [-0.3, -0.25) is 14.2 Å². The molecule has 2 aromatic rings. The van der Waals surface area contributed by atoms with E-state index < -0.39 is 0 Å². The molecule has 0 unspecified atom stereocenters. The van der Waals surface area contributed by atoms with Crippen LogP contribution in [-0.2, 0) is 24.2 Å². The molecule has 1 N–H and O–H groups in total. The van der Waals surface area contributed by atoms with Gasteiger partial charge in [0.2, 0.25) is 11.9 Å². The van der Waals surface area contributed by atoms with Crippen LogP contribution in [0, 0.1) is 0 Å². The highest BCUT2D eigenvalue weighted by molar-refractivity contribution is 7.18. The number of carbonyl (C=O) groups is 1. The normalized spacial score (nSPS) is 13.9.